The third-order valence-electron chi connectivity index (χ3n) is 5.06. The Hall–Kier alpha value is -4.32. The lowest BCUT2D eigenvalue weighted by Gasteiger charge is -2.17. The standard InChI is InChI=1S/C24H25N3O8S/c1-32-19-14-23(34-3)20(24(15-19)35-4)11-12-36(30,31)26-17-7-10-22(33-2)21(13-17)25-16-5-8-18(9-6-16)27(28)29/h5-12,14-15,26H,13H2,1-4H3/b12-11+,25-21?. The van der Waals surface area contributed by atoms with E-state index in [9.17, 15) is 18.5 Å². The molecule has 190 valence electrons. The average molecular weight is 516 g/mol. The second-order valence-electron chi connectivity index (χ2n) is 7.33. The van der Waals surface area contributed by atoms with Crippen molar-refractivity contribution in [3.8, 4) is 17.2 Å². The van der Waals surface area contributed by atoms with Crippen LogP contribution in [0.25, 0.3) is 6.08 Å². The van der Waals surface area contributed by atoms with Gasteiger partial charge in [0.15, 0.2) is 0 Å². The van der Waals surface area contributed by atoms with E-state index >= 15 is 0 Å². The fourth-order valence-corrected chi connectivity index (χ4v) is 4.21. The molecule has 11 nitrogen and oxygen atoms in total. The van der Waals surface area contributed by atoms with E-state index in [0.29, 0.717) is 45.7 Å². The number of nitro groups is 1. The molecule has 12 heteroatoms. The van der Waals surface area contributed by atoms with E-state index < -0.39 is 14.9 Å². The highest BCUT2D eigenvalue weighted by molar-refractivity contribution is 7.92. The summed E-state index contributed by atoms with van der Waals surface area (Å²) in [6.45, 7) is 0. The van der Waals surface area contributed by atoms with Crippen molar-refractivity contribution in [1.29, 1.82) is 0 Å². The fraction of sp³-hybridized carbons (Fsp3) is 0.208. The van der Waals surface area contributed by atoms with Gasteiger partial charge in [0.2, 0.25) is 0 Å². The van der Waals surface area contributed by atoms with Gasteiger partial charge in [-0.3, -0.25) is 14.8 Å². The largest absolute Gasteiger partial charge is 0.496 e. The first-order chi connectivity index (χ1) is 17.2. The van der Waals surface area contributed by atoms with E-state index in [1.54, 1.807) is 24.3 Å². The third kappa shape index (κ3) is 6.42. The van der Waals surface area contributed by atoms with Gasteiger partial charge in [-0.15, -0.1) is 0 Å². The molecule has 0 heterocycles. The number of nitrogens with zero attached hydrogens (tertiary/aromatic N) is 2. The first-order valence-corrected chi connectivity index (χ1v) is 12.0. The van der Waals surface area contributed by atoms with Crippen LogP contribution in [0.3, 0.4) is 0 Å². The number of nitrogens with one attached hydrogen (secondary N) is 1. The van der Waals surface area contributed by atoms with E-state index in [1.165, 1.54) is 58.8 Å². The number of rotatable bonds is 10. The molecule has 0 saturated heterocycles. The second kappa shape index (κ2) is 11.4. The molecule has 2 aromatic carbocycles. The molecule has 0 bridgehead atoms. The van der Waals surface area contributed by atoms with Crippen LogP contribution in [0.5, 0.6) is 17.2 Å². The van der Waals surface area contributed by atoms with Crippen molar-refractivity contribution in [3.63, 3.8) is 0 Å². The van der Waals surface area contributed by atoms with Gasteiger partial charge in [0, 0.05) is 36.4 Å². The summed E-state index contributed by atoms with van der Waals surface area (Å²) in [6.07, 6.45) is 4.66. The van der Waals surface area contributed by atoms with E-state index in [1.807, 2.05) is 0 Å². The van der Waals surface area contributed by atoms with Gasteiger partial charge in [0.25, 0.3) is 15.7 Å². The summed E-state index contributed by atoms with van der Waals surface area (Å²) in [5.41, 5.74) is 1.63. The first kappa shape index (κ1) is 26.3. The molecule has 0 amide bonds. The van der Waals surface area contributed by atoms with E-state index in [4.69, 9.17) is 18.9 Å². The highest BCUT2D eigenvalue weighted by atomic mass is 32.2. The first-order valence-electron chi connectivity index (χ1n) is 10.5. The molecule has 0 aromatic heterocycles. The Kier molecular flexibility index (Phi) is 8.33. The number of allylic oxidation sites excluding steroid dienone is 4. The maximum absolute atomic E-state index is 12.8. The predicted molar refractivity (Wildman–Crippen MR) is 135 cm³/mol. The monoisotopic (exact) mass is 515 g/mol. The van der Waals surface area contributed by atoms with Crippen molar-refractivity contribution in [2.24, 2.45) is 4.99 Å². The third-order valence-corrected chi connectivity index (χ3v) is 6.10. The highest BCUT2D eigenvalue weighted by Crippen LogP contribution is 2.35. The maximum Gasteiger partial charge on any atom is 0.269 e. The summed E-state index contributed by atoms with van der Waals surface area (Å²) in [7, 11) is 1.96. The normalized spacial score (nSPS) is 14.7. The van der Waals surface area contributed by atoms with Crippen molar-refractivity contribution in [2.75, 3.05) is 28.4 Å². The molecule has 3 rings (SSSR count). The molecule has 1 aliphatic carbocycles. The van der Waals surface area contributed by atoms with Gasteiger partial charge < -0.3 is 18.9 Å². The molecule has 0 saturated carbocycles. The summed E-state index contributed by atoms with van der Waals surface area (Å²) in [5.74, 6) is 1.69. The number of benzene rings is 2. The zero-order chi connectivity index (χ0) is 26.3. The Morgan fingerprint density at radius 3 is 2.14 bits per heavy atom. The Balaban J connectivity index is 1.83. The highest BCUT2D eigenvalue weighted by Gasteiger charge is 2.19. The lowest BCUT2D eigenvalue weighted by molar-refractivity contribution is -0.384. The molecular weight excluding hydrogens is 490 g/mol. The van der Waals surface area contributed by atoms with Gasteiger partial charge >= 0.3 is 0 Å². The molecule has 0 aliphatic heterocycles. The predicted octanol–water partition coefficient (Wildman–Crippen LogP) is 4.10. The molecule has 0 radical (unpaired) electrons. The summed E-state index contributed by atoms with van der Waals surface area (Å²) < 4.78 is 49.4. The van der Waals surface area contributed by atoms with Crippen LogP contribution in [-0.2, 0) is 14.8 Å². The van der Waals surface area contributed by atoms with Gasteiger partial charge in [-0.2, -0.15) is 0 Å². The van der Waals surface area contributed by atoms with E-state index in [-0.39, 0.29) is 12.1 Å². The zero-order valence-electron chi connectivity index (χ0n) is 20.0. The summed E-state index contributed by atoms with van der Waals surface area (Å²) in [6, 6.07) is 8.90. The van der Waals surface area contributed by atoms with Gasteiger partial charge in [-0.25, -0.2) is 13.4 Å². The Labute approximate surface area is 208 Å². The smallest absolute Gasteiger partial charge is 0.269 e. The molecule has 1 N–H and O–H groups in total. The number of methoxy groups -OCH3 is 4. The number of ether oxygens (including phenoxy) is 4. The number of sulfonamides is 1. The van der Waals surface area contributed by atoms with Crippen LogP contribution in [0.1, 0.15) is 12.0 Å². The zero-order valence-corrected chi connectivity index (χ0v) is 20.9. The quantitative estimate of drug-likeness (QED) is 0.369. The Morgan fingerprint density at radius 1 is 0.972 bits per heavy atom. The van der Waals surface area contributed by atoms with Gasteiger partial charge in [0.05, 0.1) is 55.7 Å². The molecule has 36 heavy (non-hydrogen) atoms. The summed E-state index contributed by atoms with van der Waals surface area (Å²) in [4.78, 5) is 14.8. The van der Waals surface area contributed by atoms with Crippen molar-refractivity contribution in [3.05, 3.63) is 81.1 Å². The van der Waals surface area contributed by atoms with Crippen molar-refractivity contribution < 1.29 is 32.3 Å². The van der Waals surface area contributed by atoms with Crippen LogP contribution in [0.2, 0.25) is 0 Å². The van der Waals surface area contributed by atoms with Crippen LogP contribution < -0.4 is 18.9 Å². The Bertz CT molecular complexity index is 1340. The number of aliphatic imine (C=N–C) groups is 1. The maximum atomic E-state index is 12.8. The van der Waals surface area contributed by atoms with Crippen LogP contribution >= 0.6 is 0 Å². The molecule has 2 aromatic rings. The van der Waals surface area contributed by atoms with Crippen LogP contribution in [-0.4, -0.2) is 47.5 Å². The van der Waals surface area contributed by atoms with Gasteiger partial charge in [-0.05, 0) is 30.4 Å². The van der Waals surface area contributed by atoms with Crippen LogP contribution in [0.15, 0.2) is 70.4 Å². The van der Waals surface area contributed by atoms with E-state index in [2.05, 4.69) is 9.71 Å². The molecule has 0 spiro atoms. The minimum Gasteiger partial charge on any atom is -0.496 e. The number of hydrogen-bond donors (Lipinski definition) is 1. The topological polar surface area (TPSA) is 139 Å². The average Bonchev–Trinajstić information content (AvgIpc) is 2.87. The molecule has 0 unspecified atom stereocenters. The molecule has 0 atom stereocenters. The fourth-order valence-electron chi connectivity index (χ4n) is 3.33. The summed E-state index contributed by atoms with van der Waals surface area (Å²) >= 11 is 0. The molecule has 0 fully saturated rings. The number of non-ortho nitro benzene ring substituents is 1. The lowest BCUT2D eigenvalue weighted by Crippen LogP contribution is -2.24. The second-order valence-corrected chi connectivity index (χ2v) is 8.90. The van der Waals surface area contributed by atoms with Crippen molar-refractivity contribution in [2.45, 2.75) is 6.42 Å². The molecule has 1 aliphatic rings. The lowest BCUT2D eigenvalue weighted by atomic mass is 10.1. The molecular formula is C24H25N3O8S. The van der Waals surface area contributed by atoms with E-state index in [0.717, 1.165) is 5.41 Å². The van der Waals surface area contributed by atoms with Crippen molar-refractivity contribution >= 4 is 33.2 Å². The van der Waals surface area contributed by atoms with Crippen molar-refractivity contribution in [1.82, 2.24) is 4.72 Å². The summed E-state index contributed by atoms with van der Waals surface area (Å²) in [5, 5.41) is 11.9. The number of nitro benzene ring substituents is 1. The SMILES string of the molecule is COC1=CC=C(NS(=O)(=O)/C=C/c2c(OC)cc(OC)cc2OC)CC1=Nc1ccc([N+](=O)[O-])cc1. The van der Waals surface area contributed by atoms with Gasteiger partial charge in [-0.1, -0.05) is 0 Å². The Morgan fingerprint density at radius 2 is 1.61 bits per heavy atom. The van der Waals surface area contributed by atoms with Gasteiger partial charge in [0.1, 0.15) is 23.0 Å². The minimum absolute atomic E-state index is 0.0599. The van der Waals surface area contributed by atoms with Crippen LogP contribution in [0.4, 0.5) is 11.4 Å². The minimum atomic E-state index is -3.92. The van der Waals surface area contributed by atoms with Crippen LogP contribution in [0, 0.1) is 10.1 Å². The number of hydrogen-bond acceptors (Lipinski definition) is 9.